The van der Waals surface area contributed by atoms with E-state index in [1.807, 2.05) is 0 Å². The van der Waals surface area contributed by atoms with E-state index in [9.17, 15) is 29.1 Å². The fourth-order valence-electron chi connectivity index (χ4n) is 6.99. The van der Waals surface area contributed by atoms with Crippen molar-refractivity contribution in [2.75, 3.05) is 6.79 Å². The van der Waals surface area contributed by atoms with Gasteiger partial charge in [0.25, 0.3) is 22.6 Å². The van der Waals surface area contributed by atoms with Crippen molar-refractivity contribution < 1.29 is 24.5 Å². The van der Waals surface area contributed by atoms with Crippen molar-refractivity contribution >= 4 is 35.1 Å². The average Bonchev–Trinajstić information content (AvgIpc) is 3.52. The van der Waals surface area contributed by atoms with Crippen LogP contribution in [-0.2, 0) is 9.53 Å². The Labute approximate surface area is 255 Å². The zero-order valence-corrected chi connectivity index (χ0v) is 25.1. The summed E-state index contributed by atoms with van der Waals surface area (Å²) in [4.78, 5) is 69.6. The summed E-state index contributed by atoms with van der Waals surface area (Å²) in [5, 5.41) is 27.7. The van der Waals surface area contributed by atoms with E-state index in [2.05, 4.69) is 20.2 Å². The molecule has 14 heteroatoms. The molecule has 5 N–H and O–H groups in total. The predicted molar refractivity (Wildman–Crippen MR) is 163 cm³/mol. The molecule has 6 rings (SSSR count). The minimum atomic E-state index is -0.832. The van der Waals surface area contributed by atoms with Crippen LogP contribution in [0.5, 0.6) is 0 Å². The SMILES string of the molecule is Cc1c2c([nH]c(=O)/c1=C\C=Cc1c(C)c3c(=O)n(C4CCC(OCO)CC4)[nH]c3[nH]c1=O)=NN(C1CCC(C(=O)O)CC1)C2=O. The Kier molecular flexibility index (Phi) is 8.18. The lowest BCUT2D eigenvalue weighted by Gasteiger charge is -2.30. The zero-order chi connectivity index (χ0) is 32.0. The van der Waals surface area contributed by atoms with Gasteiger partial charge in [0.05, 0.1) is 35.1 Å². The van der Waals surface area contributed by atoms with E-state index >= 15 is 0 Å². The van der Waals surface area contributed by atoms with Gasteiger partial charge in [-0.05, 0) is 88.5 Å². The zero-order valence-electron chi connectivity index (χ0n) is 25.1. The summed E-state index contributed by atoms with van der Waals surface area (Å²) in [6.07, 6.45) is 9.29. The van der Waals surface area contributed by atoms with Crippen molar-refractivity contribution in [3.8, 4) is 0 Å². The number of aromatic amines is 3. The van der Waals surface area contributed by atoms with E-state index in [1.165, 1.54) is 17.2 Å². The standard InChI is InChI=1S/C31H36N6O8/c1-15-21(27(39)32-25-23(15)29(41)36(34-25)18-8-6-17(7-9-18)31(43)44)4-3-5-22-16(2)24-26(33-28(22)40)35-37(30(24)42)19-10-12-20(13-11-19)45-14-38/h3-5,17-20,38H,6-14H2,1-2H3,(H,43,44)(H,32,34,39)(H2,33,35,40)/b5-3?,21-4-. The van der Waals surface area contributed by atoms with Crippen molar-refractivity contribution in [3.63, 3.8) is 0 Å². The molecule has 4 heterocycles. The van der Waals surface area contributed by atoms with Crippen LogP contribution >= 0.6 is 0 Å². The molecule has 0 saturated heterocycles. The number of carbonyl (C=O) groups is 2. The molecule has 2 saturated carbocycles. The largest absolute Gasteiger partial charge is 0.481 e. The minimum absolute atomic E-state index is 0.0423. The molecule has 1 amide bonds. The number of hydrogen-bond acceptors (Lipinski definition) is 8. The highest BCUT2D eigenvalue weighted by Crippen LogP contribution is 2.31. The number of aromatic nitrogens is 4. The van der Waals surface area contributed by atoms with E-state index in [0.717, 1.165) is 0 Å². The third-order valence-corrected chi connectivity index (χ3v) is 9.54. The fraction of sp³-hybridized carbons (Fsp3) is 0.484. The minimum Gasteiger partial charge on any atom is -0.481 e. The highest BCUT2D eigenvalue weighted by molar-refractivity contribution is 5.96. The average molecular weight is 621 g/mol. The molecular weight excluding hydrogens is 584 g/mol. The normalized spacial score (nSPS) is 24.0. The molecule has 0 atom stereocenters. The van der Waals surface area contributed by atoms with Gasteiger partial charge in [-0.15, -0.1) is 0 Å². The first-order chi connectivity index (χ1) is 21.6. The van der Waals surface area contributed by atoms with E-state index in [4.69, 9.17) is 9.84 Å². The Hall–Kier alpha value is -4.56. The monoisotopic (exact) mass is 620 g/mol. The van der Waals surface area contributed by atoms with Crippen LogP contribution in [0.3, 0.4) is 0 Å². The molecule has 0 unspecified atom stereocenters. The van der Waals surface area contributed by atoms with Crippen molar-refractivity contribution in [2.24, 2.45) is 11.0 Å². The molecule has 3 aromatic rings. The number of rotatable bonds is 7. The van der Waals surface area contributed by atoms with Gasteiger partial charge in [-0.3, -0.25) is 29.1 Å². The summed E-state index contributed by atoms with van der Waals surface area (Å²) in [5.74, 6) is -1.60. The van der Waals surface area contributed by atoms with Crippen molar-refractivity contribution in [1.29, 1.82) is 0 Å². The number of carboxylic acid groups (broad SMARTS) is 1. The number of nitrogens with one attached hydrogen (secondary N) is 3. The van der Waals surface area contributed by atoms with E-state index < -0.39 is 23.0 Å². The van der Waals surface area contributed by atoms with Crippen molar-refractivity contribution in [1.82, 2.24) is 24.8 Å². The Morgan fingerprint density at radius 3 is 2.31 bits per heavy atom. The molecule has 45 heavy (non-hydrogen) atoms. The lowest BCUT2D eigenvalue weighted by Crippen LogP contribution is -2.39. The number of hydrogen-bond donors (Lipinski definition) is 5. The topological polar surface area (TPSA) is 203 Å². The number of aliphatic hydroxyl groups excluding tert-OH is 1. The van der Waals surface area contributed by atoms with E-state index in [-0.39, 0.29) is 58.3 Å². The summed E-state index contributed by atoms with van der Waals surface area (Å²) < 4.78 is 6.85. The molecule has 1 aliphatic heterocycles. The molecule has 0 aromatic carbocycles. The van der Waals surface area contributed by atoms with Crippen LogP contribution in [0.1, 0.15) is 84.5 Å². The summed E-state index contributed by atoms with van der Waals surface area (Å²) in [5.41, 5.74) is 0.934. The summed E-state index contributed by atoms with van der Waals surface area (Å²) in [6, 6.07) is -0.327. The molecule has 3 aliphatic rings. The van der Waals surface area contributed by atoms with Crippen molar-refractivity contribution in [2.45, 2.75) is 83.4 Å². The number of fused-ring (bicyclic) bond motifs is 2. The Bertz CT molecular complexity index is 2000. The fourth-order valence-corrected chi connectivity index (χ4v) is 6.99. The summed E-state index contributed by atoms with van der Waals surface area (Å²) in [6.45, 7) is 3.04. The molecule has 0 bridgehead atoms. The molecular formula is C31H36N6O8. The van der Waals surface area contributed by atoms with Crippen LogP contribution < -0.4 is 27.4 Å². The van der Waals surface area contributed by atoms with E-state index in [0.29, 0.717) is 73.5 Å². The first-order valence-corrected chi connectivity index (χ1v) is 15.2. The number of H-pyrrole nitrogens is 3. The van der Waals surface area contributed by atoms with Crippen LogP contribution in [0.4, 0.5) is 0 Å². The van der Waals surface area contributed by atoms with Crippen LogP contribution in [0, 0.1) is 19.8 Å². The van der Waals surface area contributed by atoms with Crippen LogP contribution in [0.2, 0.25) is 0 Å². The predicted octanol–water partition coefficient (Wildman–Crippen LogP) is 0.901. The number of nitrogens with zero attached hydrogens (tertiary/aromatic N) is 3. The highest BCUT2D eigenvalue weighted by Gasteiger charge is 2.36. The summed E-state index contributed by atoms with van der Waals surface area (Å²) >= 11 is 0. The van der Waals surface area contributed by atoms with Crippen LogP contribution in [-0.4, -0.2) is 65.8 Å². The first-order valence-electron chi connectivity index (χ1n) is 15.2. The second-order valence-corrected chi connectivity index (χ2v) is 12.1. The number of aryl methyl sites for hydroxylation is 1. The van der Waals surface area contributed by atoms with Gasteiger partial charge >= 0.3 is 5.97 Å². The van der Waals surface area contributed by atoms with Crippen LogP contribution in [0.15, 0.2) is 25.6 Å². The number of amides is 1. The number of allylic oxidation sites excluding steroid dienone is 1. The Morgan fingerprint density at radius 2 is 1.64 bits per heavy atom. The Balaban J connectivity index is 1.27. The van der Waals surface area contributed by atoms with Gasteiger partial charge in [0.1, 0.15) is 12.4 Å². The number of pyridine rings is 2. The van der Waals surface area contributed by atoms with Gasteiger partial charge in [0, 0.05) is 10.8 Å². The molecule has 2 fully saturated rings. The number of carbonyl (C=O) groups excluding carboxylic acids is 1. The first kappa shape index (κ1) is 30.5. The second-order valence-electron chi connectivity index (χ2n) is 12.1. The molecule has 0 spiro atoms. The Morgan fingerprint density at radius 1 is 0.956 bits per heavy atom. The third-order valence-electron chi connectivity index (χ3n) is 9.54. The summed E-state index contributed by atoms with van der Waals surface area (Å²) in [7, 11) is 0. The van der Waals surface area contributed by atoms with Gasteiger partial charge in [-0.2, -0.15) is 5.10 Å². The second kappa shape index (κ2) is 12.1. The maximum Gasteiger partial charge on any atom is 0.306 e. The molecule has 3 aromatic heterocycles. The van der Waals surface area contributed by atoms with Gasteiger partial charge in [-0.25, -0.2) is 9.69 Å². The smallest absolute Gasteiger partial charge is 0.306 e. The molecule has 2 aliphatic carbocycles. The van der Waals surface area contributed by atoms with Gasteiger partial charge in [0.2, 0.25) is 0 Å². The molecule has 238 valence electrons. The number of aliphatic carboxylic acids is 1. The molecule has 0 radical (unpaired) electrons. The lowest BCUT2D eigenvalue weighted by molar-refractivity contribution is -0.143. The third kappa shape index (κ3) is 5.48. The quantitative estimate of drug-likeness (QED) is 0.240. The maximum atomic E-state index is 13.4. The van der Waals surface area contributed by atoms with Gasteiger partial charge in [-0.1, -0.05) is 6.08 Å². The van der Waals surface area contributed by atoms with Gasteiger partial charge < -0.3 is 24.9 Å². The number of aliphatic hydroxyl groups is 1. The molecule has 14 nitrogen and oxygen atoms in total. The highest BCUT2D eigenvalue weighted by atomic mass is 16.6. The van der Waals surface area contributed by atoms with E-state index in [1.54, 1.807) is 24.6 Å². The van der Waals surface area contributed by atoms with Crippen LogP contribution in [0.25, 0.3) is 23.2 Å². The number of carboxylic acids is 1. The van der Waals surface area contributed by atoms with Gasteiger partial charge in [0.15, 0.2) is 5.49 Å². The lowest BCUT2D eigenvalue weighted by atomic mass is 9.86. The van der Waals surface area contributed by atoms with Crippen molar-refractivity contribution in [3.05, 3.63) is 70.1 Å². The number of ether oxygens (including phenoxy) is 1. The maximum absolute atomic E-state index is 13.4.